The van der Waals surface area contributed by atoms with Crippen LogP contribution in [-0.4, -0.2) is 28.3 Å². The molecule has 29 heavy (non-hydrogen) atoms. The van der Waals surface area contributed by atoms with Crippen molar-refractivity contribution in [1.82, 2.24) is 10.4 Å². The van der Waals surface area contributed by atoms with Crippen LogP contribution in [0, 0.1) is 23.2 Å². The molecule has 1 N–H and O–H groups in total. The van der Waals surface area contributed by atoms with E-state index < -0.39 is 0 Å². The average molecular weight is 429 g/mol. The predicted octanol–water partition coefficient (Wildman–Crippen LogP) is 4.14. The number of carbonyl (C=O) groups excluding carboxylic acids is 2. The molecule has 5 aliphatic rings. The fourth-order valence-electron chi connectivity index (χ4n) is 6.02. The minimum absolute atomic E-state index is 0.0152. The maximum atomic E-state index is 13.3. The lowest BCUT2D eigenvalue weighted by molar-refractivity contribution is -0.152. The smallest absolute Gasteiger partial charge is 0.285 e. The number of carbonyl (C=O) groups is 2. The molecule has 7 heteroatoms. The number of amides is 2. The van der Waals surface area contributed by atoms with E-state index in [2.05, 4.69) is 5.43 Å². The van der Waals surface area contributed by atoms with E-state index >= 15 is 0 Å². The SMILES string of the molecule is COc1ccc(/C=C2/SC(=S)N(NC(=O)C34CC5CC(CC(C5)C3)C4)C2=O)cc1. The molecule has 1 aromatic rings. The molecule has 0 aromatic heterocycles. The van der Waals surface area contributed by atoms with Gasteiger partial charge in [0.2, 0.25) is 5.91 Å². The summed E-state index contributed by atoms with van der Waals surface area (Å²) < 4.78 is 5.55. The maximum absolute atomic E-state index is 13.3. The number of benzene rings is 1. The Morgan fingerprint density at radius 1 is 1.17 bits per heavy atom. The molecule has 4 aliphatic carbocycles. The average Bonchev–Trinajstić information content (AvgIpc) is 2.95. The Hall–Kier alpha value is -1.86. The van der Waals surface area contributed by atoms with Gasteiger partial charge in [0.15, 0.2) is 4.32 Å². The van der Waals surface area contributed by atoms with Gasteiger partial charge in [0.25, 0.3) is 5.91 Å². The van der Waals surface area contributed by atoms with Crippen LogP contribution in [0.2, 0.25) is 0 Å². The van der Waals surface area contributed by atoms with Crippen LogP contribution in [0.5, 0.6) is 5.75 Å². The quantitative estimate of drug-likeness (QED) is 0.577. The van der Waals surface area contributed by atoms with Crippen molar-refractivity contribution in [3.05, 3.63) is 34.7 Å². The van der Waals surface area contributed by atoms with Gasteiger partial charge < -0.3 is 4.74 Å². The summed E-state index contributed by atoms with van der Waals surface area (Å²) in [7, 11) is 1.62. The van der Waals surface area contributed by atoms with Crippen LogP contribution < -0.4 is 10.2 Å². The van der Waals surface area contributed by atoms with E-state index in [-0.39, 0.29) is 17.2 Å². The fourth-order valence-corrected chi connectivity index (χ4v) is 7.20. The second-order valence-corrected chi connectivity index (χ2v) is 10.6. The normalized spacial score (nSPS) is 34.2. The Morgan fingerprint density at radius 2 is 1.76 bits per heavy atom. The molecule has 0 unspecified atom stereocenters. The lowest BCUT2D eigenvalue weighted by atomic mass is 9.49. The Kier molecular flexibility index (Phi) is 4.70. The highest BCUT2D eigenvalue weighted by Crippen LogP contribution is 2.60. The summed E-state index contributed by atoms with van der Waals surface area (Å²) in [4.78, 5) is 26.7. The topological polar surface area (TPSA) is 58.6 Å². The zero-order valence-corrected chi connectivity index (χ0v) is 18.0. The summed E-state index contributed by atoms with van der Waals surface area (Å²) in [6.45, 7) is 0. The molecule has 4 saturated carbocycles. The summed E-state index contributed by atoms with van der Waals surface area (Å²) in [5, 5.41) is 1.27. The molecule has 1 saturated heterocycles. The molecule has 1 aromatic carbocycles. The van der Waals surface area contributed by atoms with Crippen LogP contribution >= 0.6 is 24.0 Å². The largest absolute Gasteiger partial charge is 0.497 e. The number of nitrogens with zero attached hydrogens (tertiary/aromatic N) is 1. The first-order valence-electron chi connectivity index (χ1n) is 10.2. The van der Waals surface area contributed by atoms with Crippen molar-refractivity contribution in [1.29, 1.82) is 0 Å². The monoisotopic (exact) mass is 428 g/mol. The lowest BCUT2D eigenvalue weighted by Gasteiger charge is -2.55. The van der Waals surface area contributed by atoms with Gasteiger partial charge in [0.05, 0.1) is 17.4 Å². The van der Waals surface area contributed by atoms with Crippen molar-refractivity contribution in [3.8, 4) is 5.75 Å². The summed E-state index contributed by atoms with van der Waals surface area (Å²) in [5.41, 5.74) is 3.47. The molecule has 6 rings (SSSR count). The van der Waals surface area contributed by atoms with Gasteiger partial charge in [-0.2, -0.15) is 5.01 Å². The van der Waals surface area contributed by atoms with Gasteiger partial charge in [-0.15, -0.1) is 0 Å². The van der Waals surface area contributed by atoms with Crippen molar-refractivity contribution < 1.29 is 14.3 Å². The minimum atomic E-state index is -0.308. The highest BCUT2D eigenvalue weighted by molar-refractivity contribution is 8.26. The third kappa shape index (κ3) is 3.38. The molecule has 5 fully saturated rings. The molecule has 4 bridgehead atoms. The second-order valence-electron chi connectivity index (χ2n) is 8.93. The third-order valence-electron chi connectivity index (χ3n) is 6.94. The van der Waals surface area contributed by atoms with E-state index in [0.29, 0.717) is 27.0 Å². The Bertz CT molecular complexity index is 874. The first kappa shape index (κ1) is 19.1. The van der Waals surface area contributed by atoms with Crippen LogP contribution in [0.15, 0.2) is 29.2 Å². The molecule has 1 aliphatic heterocycles. The molecular weight excluding hydrogens is 404 g/mol. The van der Waals surface area contributed by atoms with E-state index in [1.807, 2.05) is 24.3 Å². The van der Waals surface area contributed by atoms with Crippen LogP contribution in [0.4, 0.5) is 0 Å². The number of methoxy groups -OCH3 is 1. The first-order valence-corrected chi connectivity index (χ1v) is 11.4. The van der Waals surface area contributed by atoms with Gasteiger partial charge in [-0.3, -0.25) is 15.0 Å². The van der Waals surface area contributed by atoms with Crippen molar-refractivity contribution in [2.24, 2.45) is 23.2 Å². The van der Waals surface area contributed by atoms with Gasteiger partial charge in [-0.25, -0.2) is 0 Å². The molecular formula is C22H24N2O3S2. The van der Waals surface area contributed by atoms with Crippen molar-refractivity contribution >= 4 is 46.2 Å². The summed E-state index contributed by atoms with van der Waals surface area (Å²) in [5.74, 6) is 2.51. The molecule has 0 spiro atoms. The lowest BCUT2D eigenvalue weighted by Crippen LogP contribution is -2.57. The van der Waals surface area contributed by atoms with E-state index in [9.17, 15) is 9.59 Å². The third-order valence-corrected chi connectivity index (χ3v) is 8.24. The van der Waals surface area contributed by atoms with Gasteiger partial charge in [-0.05, 0) is 92.3 Å². The number of thioether (sulfide) groups is 1. The highest BCUT2D eigenvalue weighted by atomic mass is 32.2. The number of nitrogens with one attached hydrogen (secondary N) is 1. The minimum Gasteiger partial charge on any atom is -0.497 e. The Morgan fingerprint density at radius 3 is 2.31 bits per heavy atom. The maximum Gasteiger partial charge on any atom is 0.285 e. The van der Waals surface area contributed by atoms with Crippen molar-refractivity contribution in [2.45, 2.75) is 38.5 Å². The molecule has 2 amide bonds. The van der Waals surface area contributed by atoms with Crippen molar-refractivity contribution in [2.75, 3.05) is 7.11 Å². The van der Waals surface area contributed by atoms with Crippen LogP contribution in [0.25, 0.3) is 6.08 Å². The molecule has 5 nitrogen and oxygen atoms in total. The number of hydrogen-bond acceptors (Lipinski definition) is 5. The highest BCUT2D eigenvalue weighted by Gasteiger charge is 2.55. The number of hydrogen-bond donors (Lipinski definition) is 1. The van der Waals surface area contributed by atoms with Crippen LogP contribution in [0.3, 0.4) is 0 Å². The van der Waals surface area contributed by atoms with E-state index in [1.54, 1.807) is 13.2 Å². The fraction of sp³-hybridized carbons (Fsp3) is 0.500. The Labute approximate surface area is 180 Å². The summed E-state index contributed by atoms with van der Waals surface area (Å²) in [6, 6.07) is 7.47. The molecule has 0 radical (unpaired) electrons. The van der Waals surface area contributed by atoms with Gasteiger partial charge in [-0.1, -0.05) is 23.9 Å². The number of ether oxygens (including phenoxy) is 1. The molecule has 1 heterocycles. The molecule has 152 valence electrons. The van der Waals surface area contributed by atoms with Gasteiger partial charge in [0.1, 0.15) is 5.75 Å². The standard InChI is InChI=1S/C22H24N2O3S2/c1-27-17-4-2-13(3-5-17)9-18-19(25)24(21(28)29-18)23-20(26)22-10-14-6-15(11-22)8-16(7-14)12-22/h2-5,9,14-16H,6-8,10-12H2,1H3,(H,23,26)/b18-9+. The first-order chi connectivity index (χ1) is 14.0. The van der Waals surface area contributed by atoms with Crippen molar-refractivity contribution in [3.63, 3.8) is 0 Å². The van der Waals surface area contributed by atoms with Gasteiger partial charge >= 0.3 is 0 Å². The van der Waals surface area contributed by atoms with Crippen LogP contribution in [-0.2, 0) is 9.59 Å². The van der Waals surface area contributed by atoms with E-state index in [4.69, 9.17) is 17.0 Å². The molecule has 0 atom stereocenters. The number of hydrazine groups is 1. The van der Waals surface area contributed by atoms with Gasteiger partial charge in [0, 0.05) is 0 Å². The Balaban J connectivity index is 1.31. The van der Waals surface area contributed by atoms with E-state index in [1.165, 1.54) is 36.0 Å². The zero-order valence-electron chi connectivity index (χ0n) is 16.3. The zero-order chi connectivity index (χ0) is 20.2. The second kappa shape index (κ2) is 7.13. The van der Waals surface area contributed by atoms with E-state index in [0.717, 1.165) is 30.6 Å². The summed E-state index contributed by atoms with van der Waals surface area (Å²) >= 11 is 6.63. The summed E-state index contributed by atoms with van der Waals surface area (Å²) in [6.07, 6.45) is 8.51. The predicted molar refractivity (Wildman–Crippen MR) is 117 cm³/mol. The number of thiocarbonyl (C=S) groups is 1. The number of rotatable bonds is 4. The van der Waals surface area contributed by atoms with Crippen LogP contribution in [0.1, 0.15) is 44.1 Å².